The van der Waals surface area contributed by atoms with E-state index in [1.165, 1.54) is 23.9 Å². The standard InChI is InChI=1S/C18H12Cl2N4O3S/c19-14-5-4-12(9-15(14)20)21-17(25)10-28-18-7-6-16(22-23-18)11-2-1-3-13(8-11)24(26)27/h1-9H,10H2,(H,21,25). The van der Waals surface area contributed by atoms with Crippen LogP contribution in [0.1, 0.15) is 0 Å². The van der Waals surface area contributed by atoms with Crippen LogP contribution in [0.15, 0.2) is 59.6 Å². The molecule has 1 heterocycles. The van der Waals surface area contributed by atoms with Crippen LogP contribution >= 0.6 is 35.0 Å². The molecule has 0 saturated heterocycles. The number of aromatic nitrogens is 2. The predicted octanol–water partition coefficient (Wildman–Crippen LogP) is 5.09. The van der Waals surface area contributed by atoms with Gasteiger partial charge in [-0.2, -0.15) is 0 Å². The number of anilines is 1. The summed E-state index contributed by atoms with van der Waals surface area (Å²) in [6.45, 7) is 0. The molecule has 0 aliphatic heterocycles. The van der Waals surface area contributed by atoms with E-state index in [9.17, 15) is 14.9 Å². The van der Waals surface area contributed by atoms with Crippen molar-refractivity contribution in [2.24, 2.45) is 0 Å². The van der Waals surface area contributed by atoms with Crippen molar-refractivity contribution in [2.75, 3.05) is 11.1 Å². The number of halogens is 2. The molecule has 10 heteroatoms. The molecule has 0 radical (unpaired) electrons. The van der Waals surface area contributed by atoms with Gasteiger partial charge in [0.15, 0.2) is 0 Å². The topological polar surface area (TPSA) is 98.0 Å². The second-order valence-electron chi connectivity index (χ2n) is 5.53. The summed E-state index contributed by atoms with van der Waals surface area (Å²) < 4.78 is 0. The van der Waals surface area contributed by atoms with E-state index in [1.807, 2.05) is 0 Å². The van der Waals surface area contributed by atoms with Crippen LogP contribution in [0.5, 0.6) is 0 Å². The fraction of sp³-hybridized carbons (Fsp3) is 0.0556. The third-order valence-electron chi connectivity index (χ3n) is 3.55. The largest absolute Gasteiger partial charge is 0.325 e. The van der Waals surface area contributed by atoms with Gasteiger partial charge in [-0.1, -0.05) is 47.1 Å². The Labute approximate surface area is 174 Å². The Balaban J connectivity index is 1.59. The average molecular weight is 435 g/mol. The average Bonchev–Trinajstić information content (AvgIpc) is 2.70. The second kappa shape index (κ2) is 9.01. The van der Waals surface area contributed by atoms with Crippen molar-refractivity contribution in [3.8, 4) is 11.3 Å². The van der Waals surface area contributed by atoms with Crippen LogP contribution in [0.4, 0.5) is 11.4 Å². The van der Waals surface area contributed by atoms with Crippen molar-refractivity contribution in [3.63, 3.8) is 0 Å². The molecule has 1 aromatic heterocycles. The maximum Gasteiger partial charge on any atom is 0.270 e. The first-order chi connectivity index (χ1) is 13.4. The van der Waals surface area contributed by atoms with Gasteiger partial charge in [0.1, 0.15) is 5.03 Å². The first-order valence-electron chi connectivity index (χ1n) is 7.88. The van der Waals surface area contributed by atoms with Crippen molar-refractivity contribution >= 4 is 52.2 Å². The summed E-state index contributed by atoms with van der Waals surface area (Å²) in [7, 11) is 0. The van der Waals surface area contributed by atoms with Gasteiger partial charge in [-0.25, -0.2) is 0 Å². The summed E-state index contributed by atoms with van der Waals surface area (Å²) in [5.41, 5.74) is 1.63. The number of thioether (sulfide) groups is 1. The summed E-state index contributed by atoms with van der Waals surface area (Å²) in [5.74, 6) is -0.0987. The summed E-state index contributed by atoms with van der Waals surface area (Å²) in [6.07, 6.45) is 0. The summed E-state index contributed by atoms with van der Waals surface area (Å²) in [5, 5.41) is 23.0. The highest BCUT2D eigenvalue weighted by atomic mass is 35.5. The lowest BCUT2D eigenvalue weighted by Gasteiger charge is -2.06. The molecule has 3 rings (SSSR count). The summed E-state index contributed by atoms with van der Waals surface area (Å²) in [4.78, 5) is 22.5. The molecule has 0 bridgehead atoms. The van der Waals surface area contributed by atoms with Gasteiger partial charge >= 0.3 is 0 Å². The van der Waals surface area contributed by atoms with Gasteiger partial charge in [0.2, 0.25) is 5.91 Å². The van der Waals surface area contributed by atoms with E-state index in [2.05, 4.69) is 15.5 Å². The Hall–Kier alpha value is -2.68. The number of nitro groups is 1. The van der Waals surface area contributed by atoms with Gasteiger partial charge in [-0.3, -0.25) is 14.9 Å². The van der Waals surface area contributed by atoms with E-state index < -0.39 is 4.92 Å². The van der Waals surface area contributed by atoms with Gasteiger partial charge in [-0.05, 0) is 30.3 Å². The maximum atomic E-state index is 12.1. The van der Waals surface area contributed by atoms with Crippen molar-refractivity contribution < 1.29 is 9.72 Å². The van der Waals surface area contributed by atoms with Crippen LogP contribution in [-0.4, -0.2) is 26.8 Å². The summed E-state index contributed by atoms with van der Waals surface area (Å²) in [6, 6.07) is 14.4. The van der Waals surface area contributed by atoms with E-state index in [1.54, 1.807) is 42.5 Å². The van der Waals surface area contributed by atoms with E-state index in [4.69, 9.17) is 23.2 Å². The molecule has 1 N–H and O–H groups in total. The molecule has 0 aliphatic carbocycles. The molecular formula is C18H12Cl2N4O3S. The molecule has 3 aromatic rings. The molecule has 28 heavy (non-hydrogen) atoms. The van der Waals surface area contributed by atoms with Crippen LogP contribution in [0, 0.1) is 10.1 Å². The zero-order valence-electron chi connectivity index (χ0n) is 14.1. The molecule has 0 aliphatic rings. The lowest BCUT2D eigenvalue weighted by Crippen LogP contribution is -2.14. The second-order valence-corrected chi connectivity index (χ2v) is 7.34. The molecule has 0 saturated carbocycles. The van der Waals surface area contributed by atoms with Crippen LogP contribution < -0.4 is 5.32 Å². The van der Waals surface area contributed by atoms with Crippen molar-refractivity contribution in [1.29, 1.82) is 0 Å². The number of carbonyl (C=O) groups is 1. The number of amides is 1. The number of non-ortho nitro benzene ring substituents is 1. The zero-order chi connectivity index (χ0) is 20.1. The van der Waals surface area contributed by atoms with E-state index in [0.717, 1.165) is 0 Å². The van der Waals surface area contributed by atoms with Gasteiger partial charge in [0.25, 0.3) is 5.69 Å². The van der Waals surface area contributed by atoms with E-state index in [-0.39, 0.29) is 17.3 Å². The number of nitro benzene ring substituents is 1. The highest BCUT2D eigenvalue weighted by molar-refractivity contribution is 7.99. The lowest BCUT2D eigenvalue weighted by atomic mass is 10.1. The lowest BCUT2D eigenvalue weighted by molar-refractivity contribution is -0.384. The predicted molar refractivity (Wildman–Crippen MR) is 110 cm³/mol. The Morgan fingerprint density at radius 3 is 2.57 bits per heavy atom. The quantitative estimate of drug-likeness (QED) is 0.329. The summed E-state index contributed by atoms with van der Waals surface area (Å²) >= 11 is 13.0. The molecule has 0 unspecified atom stereocenters. The van der Waals surface area contributed by atoms with Gasteiger partial charge < -0.3 is 5.32 Å². The van der Waals surface area contributed by atoms with Crippen LogP contribution in [0.3, 0.4) is 0 Å². The monoisotopic (exact) mass is 434 g/mol. The van der Waals surface area contributed by atoms with Crippen molar-refractivity contribution in [2.45, 2.75) is 5.03 Å². The Morgan fingerprint density at radius 2 is 1.89 bits per heavy atom. The molecule has 1 amide bonds. The van der Waals surface area contributed by atoms with Gasteiger partial charge in [-0.15, -0.1) is 10.2 Å². The Morgan fingerprint density at radius 1 is 1.07 bits per heavy atom. The highest BCUT2D eigenvalue weighted by Gasteiger charge is 2.10. The Bertz CT molecular complexity index is 1030. The zero-order valence-corrected chi connectivity index (χ0v) is 16.5. The molecular weight excluding hydrogens is 423 g/mol. The first-order valence-corrected chi connectivity index (χ1v) is 9.63. The van der Waals surface area contributed by atoms with Crippen molar-refractivity contribution in [3.05, 3.63) is 74.8 Å². The smallest absolute Gasteiger partial charge is 0.270 e. The fourth-order valence-corrected chi connectivity index (χ4v) is 3.15. The molecule has 0 spiro atoms. The minimum Gasteiger partial charge on any atom is -0.325 e. The number of hydrogen-bond donors (Lipinski definition) is 1. The minimum atomic E-state index is -0.465. The molecule has 0 atom stereocenters. The third-order valence-corrected chi connectivity index (χ3v) is 5.21. The SMILES string of the molecule is O=C(CSc1ccc(-c2cccc([N+](=O)[O-])c2)nn1)Nc1ccc(Cl)c(Cl)c1. The minimum absolute atomic E-state index is 0.0169. The van der Waals surface area contributed by atoms with Gasteiger partial charge in [0, 0.05) is 23.4 Å². The Kier molecular flexibility index (Phi) is 6.45. The molecule has 2 aromatic carbocycles. The van der Waals surface area contributed by atoms with E-state index in [0.29, 0.717) is 32.0 Å². The van der Waals surface area contributed by atoms with Crippen LogP contribution in [0.2, 0.25) is 10.0 Å². The number of hydrogen-bond acceptors (Lipinski definition) is 6. The number of benzene rings is 2. The molecule has 7 nitrogen and oxygen atoms in total. The maximum absolute atomic E-state index is 12.1. The number of carbonyl (C=O) groups excluding carboxylic acids is 1. The van der Waals surface area contributed by atoms with Gasteiger partial charge in [0.05, 0.1) is 26.4 Å². The normalized spacial score (nSPS) is 10.5. The van der Waals surface area contributed by atoms with Crippen LogP contribution in [-0.2, 0) is 4.79 Å². The van der Waals surface area contributed by atoms with Crippen LogP contribution in [0.25, 0.3) is 11.3 Å². The highest BCUT2D eigenvalue weighted by Crippen LogP contribution is 2.26. The number of nitrogens with zero attached hydrogens (tertiary/aromatic N) is 3. The third kappa shape index (κ3) is 5.19. The molecule has 0 fully saturated rings. The number of rotatable bonds is 6. The molecule has 142 valence electrons. The number of nitrogens with one attached hydrogen (secondary N) is 1. The van der Waals surface area contributed by atoms with E-state index >= 15 is 0 Å². The first kappa shape index (κ1) is 20.1. The fourth-order valence-electron chi connectivity index (χ4n) is 2.24. The van der Waals surface area contributed by atoms with Crippen molar-refractivity contribution in [1.82, 2.24) is 10.2 Å².